The lowest BCUT2D eigenvalue weighted by atomic mass is 10.2. The van der Waals surface area contributed by atoms with Gasteiger partial charge in [0.15, 0.2) is 0 Å². The first kappa shape index (κ1) is 17.9. The fourth-order valence-corrected chi connectivity index (χ4v) is 2.44. The van der Waals surface area contributed by atoms with Crippen LogP contribution in [0.1, 0.15) is 21.6 Å². The number of benzene rings is 2. The van der Waals surface area contributed by atoms with Crippen LogP contribution in [0.5, 0.6) is 5.75 Å². The molecule has 0 atom stereocenters. The minimum Gasteiger partial charge on any atom is -0.495 e. The Balaban J connectivity index is 1.75. The van der Waals surface area contributed by atoms with E-state index in [1.807, 2.05) is 31.2 Å². The molecule has 27 heavy (non-hydrogen) atoms. The molecule has 0 radical (unpaired) electrons. The van der Waals surface area contributed by atoms with Crippen molar-refractivity contribution in [1.29, 1.82) is 5.26 Å². The Kier molecular flexibility index (Phi) is 5.28. The van der Waals surface area contributed by atoms with Crippen molar-refractivity contribution in [3.05, 3.63) is 71.7 Å². The van der Waals surface area contributed by atoms with Crippen LogP contribution < -0.4 is 15.4 Å². The van der Waals surface area contributed by atoms with Crippen molar-refractivity contribution < 1.29 is 9.53 Å². The van der Waals surface area contributed by atoms with Crippen LogP contribution in [0.3, 0.4) is 0 Å². The van der Waals surface area contributed by atoms with Gasteiger partial charge in [0, 0.05) is 0 Å². The van der Waals surface area contributed by atoms with Crippen LogP contribution in [0.2, 0.25) is 0 Å². The van der Waals surface area contributed by atoms with E-state index in [1.165, 1.54) is 12.4 Å². The van der Waals surface area contributed by atoms with Crippen LogP contribution in [0, 0.1) is 18.3 Å². The summed E-state index contributed by atoms with van der Waals surface area (Å²) in [6.07, 6.45) is 2.84. The average molecular weight is 359 g/mol. The molecule has 0 bridgehead atoms. The van der Waals surface area contributed by atoms with Crippen LogP contribution in [0.25, 0.3) is 0 Å². The molecule has 1 amide bonds. The number of nitrogens with one attached hydrogen (secondary N) is 2. The zero-order valence-corrected chi connectivity index (χ0v) is 14.9. The maximum atomic E-state index is 12.3. The number of rotatable bonds is 5. The average Bonchev–Trinajstić information content (AvgIpc) is 2.69. The first-order chi connectivity index (χ1) is 13.1. The number of amides is 1. The van der Waals surface area contributed by atoms with Gasteiger partial charge in [-0.2, -0.15) is 5.26 Å². The van der Waals surface area contributed by atoms with E-state index in [4.69, 9.17) is 10.00 Å². The number of aryl methyl sites for hydroxylation is 1. The molecule has 134 valence electrons. The normalized spacial score (nSPS) is 9.96. The van der Waals surface area contributed by atoms with E-state index in [1.54, 1.807) is 31.4 Å². The Labute approximate surface area is 156 Å². The second-order valence-electron chi connectivity index (χ2n) is 5.73. The van der Waals surface area contributed by atoms with Crippen molar-refractivity contribution in [2.24, 2.45) is 0 Å². The molecule has 3 rings (SSSR count). The molecule has 1 heterocycles. The topological polar surface area (TPSA) is 99.9 Å². The minimum absolute atomic E-state index is 0.143. The number of nitrogens with zero attached hydrogens (tertiary/aromatic N) is 3. The molecule has 0 fully saturated rings. The zero-order chi connectivity index (χ0) is 19.2. The predicted octanol–water partition coefficient (Wildman–Crippen LogP) is 3.66. The van der Waals surface area contributed by atoms with Crippen LogP contribution in [-0.2, 0) is 0 Å². The Morgan fingerprint density at radius 2 is 1.93 bits per heavy atom. The van der Waals surface area contributed by atoms with E-state index in [0.717, 1.165) is 11.3 Å². The Morgan fingerprint density at radius 1 is 1.11 bits per heavy atom. The van der Waals surface area contributed by atoms with Crippen molar-refractivity contribution in [3.63, 3.8) is 0 Å². The van der Waals surface area contributed by atoms with E-state index >= 15 is 0 Å². The van der Waals surface area contributed by atoms with Crippen molar-refractivity contribution in [2.75, 3.05) is 17.7 Å². The molecular formula is C20H17N5O2. The van der Waals surface area contributed by atoms with Crippen molar-refractivity contribution in [3.8, 4) is 11.8 Å². The lowest BCUT2D eigenvalue weighted by Gasteiger charge is -2.11. The summed E-state index contributed by atoms with van der Waals surface area (Å²) >= 11 is 0. The molecule has 0 unspecified atom stereocenters. The highest BCUT2D eigenvalue weighted by Crippen LogP contribution is 2.27. The second kappa shape index (κ2) is 7.97. The van der Waals surface area contributed by atoms with E-state index in [0.29, 0.717) is 22.8 Å². The van der Waals surface area contributed by atoms with E-state index in [9.17, 15) is 4.79 Å². The second-order valence-corrected chi connectivity index (χ2v) is 5.73. The monoisotopic (exact) mass is 359 g/mol. The van der Waals surface area contributed by atoms with Gasteiger partial charge in [-0.15, -0.1) is 0 Å². The van der Waals surface area contributed by atoms with Crippen molar-refractivity contribution >= 4 is 23.1 Å². The lowest BCUT2D eigenvalue weighted by Crippen LogP contribution is -2.15. The predicted molar refractivity (Wildman–Crippen MR) is 102 cm³/mol. The number of nitriles is 1. The fraction of sp³-hybridized carbons (Fsp3) is 0.100. The summed E-state index contributed by atoms with van der Waals surface area (Å²) in [5.41, 5.74) is 2.78. The molecular weight excluding hydrogens is 342 g/mol. The van der Waals surface area contributed by atoms with Crippen molar-refractivity contribution in [2.45, 2.75) is 6.92 Å². The third kappa shape index (κ3) is 4.19. The molecule has 7 heteroatoms. The maximum Gasteiger partial charge on any atom is 0.275 e. The summed E-state index contributed by atoms with van der Waals surface area (Å²) in [5.74, 6) is 0.718. The Hall–Kier alpha value is -3.92. The fourth-order valence-electron chi connectivity index (χ4n) is 2.44. The van der Waals surface area contributed by atoms with Gasteiger partial charge < -0.3 is 15.4 Å². The molecule has 0 aliphatic rings. The molecule has 0 saturated carbocycles. The highest BCUT2D eigenvalue weighted by atomic mass is 16.5. The summed E-state index contributed by atoms with van der Waals surface area (Å²) in [7, 11) is 1.59. The van der Waals surface area contributed by atoms with E-state index in [-0.39, 0.29) is 5.69 Å². The molecule has 2 aromatic carbocycles. The first-order valence-electron chi connectivity index (χ1n) is 8.15. The Morgan fingerprint density at radius 3 is 2.63 bits per heavy atom. The molecule has 0 aliphatic carbocycles. The lowest BCUT2D eigenvalue weighted by molar-refractivity contribution is 0.102. The van der Waals surface area contributed by atoms with Gasteiger partial charge in [0.05, 0.1) is 36.4 Å². The standard InChI is InChI=1S/C20H17N5O2/c1-13-7-8-18(27-2)16(9-13)24-19-12-22-17(11-23-19)20(26)25-15-6-4-3-5-14(15)10-21/h3-9,11-12H,1-2H3,(H,23,24)(H,25,26). The number of carbonyl (C=O) groups excluding carboxylic acids is 1. The number of hydrogen-bond donors (Lipinski definition) is 2. The number of aromatic nitrogens is 2. The molecule has 1 aromatic heterocycles. The summed E-state index contributed by atoms with van der Waals surface area (Å²) in [4.78, 5) is 20.7. The molecule has 2 N–H and O–H groups in total. The number of carbonyl (C=O) groups is 1. The molecule has 0 saturated heterocycles. The maximum absolute atomic E-state index is 12.3. The molecule has 7 nitrogen and oxygen atoms in total. The summed E-state index contributed by atoms with van der Waals surface area (Å²) in [6, 6.07) is 14.5. The number of methoxy groups -OCH3 is 1. The van der Waals surface area contributed by atoms with Gasteiger partial charge in [-0.25, -0.2) is 9.97 Å². The van der Waals surface area contributed by atoms with Gasteiger partial charge in [-0.3, -0.25) is 4.79 Å². The highest BCUT2D eigenvalue weighted by molar-refractivity contribution is 6.03. The van der Waals surface area contributed by atoms with Crippen LogP contribution in [0.4, 0.5) is 17.2 Å². The van der Waals surface area contributed by atoms with Gasteiger partial charge in [0.25, 0.3) is 5.91 Å². The van der Waals surface area contributed by atoms with Gasteiger partial charge in [-0.1, -0.05) is 18.2 Å². The van der Waals surface area contributed by atoms with Crippen LogP contribution >= 0.6 is 0 Å². The summed E-state index contributed by atoms with van der Waals surface area (Å²) in [6.45, 7) is 1.98. The quantitative estimate of drug-likeness (QED) is 0.721. The Bertz CT molecular complexity index is 1010. The van der Waals surface area contributed by atoms with Gasteiger partial charge in [-0.05, 0) is 36.8 Å². The van der Waals surface area contributed by atoms with Gasteiger partial charge in [0.1, 0.15) is 23.3 Å². The van der Waals surface area contributed by atoms with E-state index < -0.39 is 5.91 Å². The van der Waals surface area contributed by atoms with E-state index in [2.05, 4.69) is 20.6 Å². The molecule has 0 spiro atoms. The van der Waals surface area contributed by atoms with Gasteiger partial charge in [0.2, 0.25) is 0 Å². The largest absolute Gasteiger partial charge is 0.495 e. The molecule has 3 aromatic rings. The summed E-state index contributed by atoms with van der Waals surface area (Å²) in [5, 5.41) is 14.9. The number of ether oxygens (including phenoxy) is 1. The number of hydrogen-bond acceptors (Lipinski definition) is 6. The highest BCUT2D eigenvalue weighted by Gasteiger charge is 2.11. The minimum atomic E-state index is -0.440. The van der Waals surface area contributed by atoms with Crippen LogP contribution in [0.15, 0.2) is 54.9 Å². The van der Waals surface area contributed by atoms with Crippen molar-refractivity contribution in [1.82, 2.24) is 9.97 Å². The zero-order valence-electron chi connectivity index (χ0n) is 14.9. The molecule has 0 aliphatic heterocycles. The first-order valence-corrected chi connectivity index (χ1v) is 8.15. The smallest absolute Gasteiger partial charge is 0.275 e. The third-order valence-corrected chi connectivity index (χ3v) is 3.80. The van der Waals surface area contributed by atoms with Gasteiger partial charge >= 0.3 is 0 Å². The number of para-hydroxylation sites is 1. The third-order valence-electron chi connectivity index (χ3n) is 3.80. The van der Waals surface area contributed by atoms with Crippen LogP contribution in [-0.4, -0.2) is 23.0 Å². The SMILES string of the molecule is COc1ccc(C)cc1Nc1cnc(C(=O)Nc2ccccc2C#N)cn1. The summed E-state index contributed by atoms with van der Waals surface area (Å²) < 4.78 is 5.32. The number of anilines is 3.